The van der Waals surface area contributed by atoms with Crippen LogP contribution in [-0.2, 0) is 24.1 Å². The molecule has 2 aromatic rings. The molecule has 0 atom stereocenters. The Balaban J connectivity index is 2.59. The predicted octanol–water partition coefficient (Wildman–Crippen LogP) is 3.42. The topological polar surface area (TPSA) is 48.3 Å². The molecule has 0 N–H and O–H groups in total. The maximum Gasteiger partial charge on any atom is 0.343 e. The van der Waals surface area contributed by atoms with Crippen LogP contribution in [0.25, 0.3) is 0 Å². The Labute approximate surface area is 143 Å². The first-order chi connectivity index (χ1) is 11.4. The third-order valence-electron chi connectivity index (χ3n) is 4.48. The zero-order valence-electron chi connectivity index (χ0n) is 15.1. The van der Waals surface area contributed by atoms with Crippen molar-refractivity contribution in [2.45, 2.75) is 47.1 Å². The fourth-order valence-corrected chi connectivity index (χ4v) is 3.04. The molecule has 0 saturated carbocycles. The van der Waals surface area contributed by atoms with E-state index >= 15 is 0 Å². The Morgan fingerprint density at radius 1 is 1.08 bits per heavy atom. The van der Waals surface area contributed by atoms with E-state index in [9.17, 15) is 9.59 Å². The Morgan fingerprint density at radius 2 is 1.79 bits per heavy atom. The summed E-state index contributed by atoms with van der Waals surface area (Å²) in [4.78, 5) is 24.8. The van der Waals surface area contributed by atoms with Crippen LogP contribution in [-0.4, -0.2) is 17.6 Å². The van der Waals surface area contributed by atoms with Crippen LogP contribution in [0.5, 0.6) is 0 Å². The molecule has 0 amide bonds. The van der Waals surface area contributed by atoms with Crippen LogP contribution in [0.4, 0.5) is 0 Å². The largest absolute Gasteiger partial charge is 0.465 e. The average Bonchev–Trinajstić information content (AvgIpc) is 2.57. The summed E-state index contributed by atoms with van der Waals surface area (Å²) in [6.07, 6.45) is 1.86. The number of aryl methyl sites for hydroxylation is 4. The van der Waals surface area contributed by atoms with Crippen LogP contribution in [0.3, 0.4) is 0 Å². The summed E-state index contributed by atoms with van der Waals surface area (Å²) in [6.45, 7) is 8.34. The van der Waals surface area contributed by atoms with Crippen LogP contribution in [0.1, 0.15) is 52.2 Å². The molecule has 0 radical (unpaired) electrons. The normalized spacial score (nSPS) is 10.7. The van der Waals surface area contributed by atoms with Gasteiger partial charge in [0.1, 0.15) is 5.56 Å². The van der Waals surface area contributed by atoms with Crippen molar-refractivity contribution >= 4 is 5.97 Å². The molecular formula is C20H25NO3. The summed E-state index contributed by atoms with van der Waals surface area (Å²) in [5, 5.41) is 0. The lowest BCUT2D eigenvalue weighted by Crippen LogP contribution is -2.30. The minimum atomic E-state index is -0.579. The Bertz CT molecular complexity index is 818. The molecule has 0 aliphatic rings. The molecule has 0 saturated heterocycles. The Hall–Kier alpha value is -2.36. The second-order valence-corrected chi connectivity index (χ2v) is 6.04. The molecule has 0 unspecified atom stereocenters. The van der Waals surface area contributed by atoms with E-state index in [0.29, 0.717) is 12.1 Å². The van der Waals surface area contributed by atoms with E-state index in [1.807, 2.05) is 13.0 Å². The molecule has 24 heavy (non-hydrogen) atoms. The number of hydrogen-bond acceptors (Lipinski definition) is 3. The van der Waals surface area contributed by atoms with Crippen molar-refractivity contribution < 1.29 is 9.53 Å². The summed E-state index contributed by atoms with van der Waals surface area (Å²) >= 11 is 0. The van der Waals surface area contributed by atoms with Gasteiger partial charge in [0.2, 0.25) is 0 Å². The molecule has 2 rings (SSSR count). The van der Waals surface area contributed by atoms with E-state index in [4.69, 9.17) is 4.74 Å². The number of esters is 1. The summed E-state index contributed by atoms with van der Waals surface area (Å²) in [5.74, 6) is -0.579. The van der Waals surface area contributed by atoms with Gasteiger partial charge in [0, 0.05) is 5.69 Å². The van der Waals surface area contributed by atoms with Crippen LogP contribution in [0.15, 0.2) is 29.1 Å². The minimum absolute atomic E-state index is 0.118. The highest BCUT2D eigenvalue weighted by atomic mass is 16.5. The first-order valence-electron chi connectivity index (χ1n) is 8.32. The van der Waals surface area contributed by atoms with Gasteiger partial charge in [-0.2, -0.15) is 0 Å². The number of carbonyl (C=O) groups excluding carboxylic acids is 1. The van der Waals surface area contributed by atoms with Gasteiger partial charge in [-0.05, 0) is 55.0 Å². The number of carbonyl (C=O) groups is 1. The van der Waals surface area contributed by atoms with Crippen LogP contribution >= 0.6 is 0 Å². The average molecular weight is 327 g/mol. The molecule has 1 aromatic carbocycles. The van der Waals surface area contributed by atoms with Crippen molar-refractivity contribution in [2.75, 3.05) is 7.11 Å². The zero-order valence-corrected chi connectivity index (χ0v) is 15.1. The highest BCUT2D eigenvalue weighted by molar-refractivity contribution is 5.90. The van der Waals surface area contributed by atoms with Gasteiger partial charge < -0.3 is 9.30 Å². The zero-order chi connectivity index (χ0) is 17.9. The molecule has 128 valence electrons. The molecular weight excluding hydrogens is 302 g/mol. The van der Waals surface area contributed by atoms with Crippen molar-refractivity contribution in [3.8, 4) is 0 Å². The number of nitrogens with zero attached hydrogens (tertiary/aromatic N) is 1. The van der Waals surface area contributed by atoms with E-state index in [1.165, 1.54) is 18.2 Å². The molecule has 0 spiro atoms. The van der Waals surface area contributed by atoms with Gasteiger partial charge in [0.05, 0.1) is 13.7 Å². The van der Waals surface area contributed by atoms with Crippen LogP contribution in [0.2, 0.25) is 0 Å². The molecule has 1 aromatic heterocycles. The molecule has 1 heterocycles. The van der Waals surface area contributed by atoms with Crippen molar-refractivity contribution in [1.82, 2.24) is 4.57 Å². The third-order valence-corrected chi connectivity index (χ3v) is 4.48. The van der Waals surface area contributed by atoms with E-state index in [2.05, 4.69) is 32.0 Å². The van der Waals surface area contributed by atoms with Crippen molar-refractivity contribution in [1.29, 1.82) is 0 Å². The first-order valence-corrected chi connectivity index (χ1v) is 8.32. The van der Waals surface area contributed by atoms with Gasteiger partial charge in [0.15, 0.2) is 0 Å². The van der Waals surface area contributed by atoms with Crippen molar-refractivity contribution in [2.24, 2.45) is 0 Å². The Morgan fingerprint density at radius 3 is 2.38 bits per heavy atom. The summed E-state index contributed by atoms with van der Waals surface area (Å²) in [7, 11) is 1.30. The monoisotopic (exact) mass is 327 g/mol. The number of ether oxygens (including phenoxy) is 1. The van der Waals surface area contributed by atoms with Gasteiger partial charge in [0.25, 0.3) is 5.56 Å². The maximum atomic E-state index is 12.8. The maximum absolute atomic E-state index is 12.8. The van der Waals surface area contributed by atoms with Crippen molar-refractivity contribution in [3.05, 3.63) is 68.1 Å². The summed E-state index contributed by atoms with van der Waals surface area (Å²) in [6, 6.07) is 8.28. The lowest BCUT2D eigenvalue weighted by Gasteiger charge is -2.16. The van der Waals surface area contributed by atoms with E-state index < -0.39 is 5.97 Å². The second-order valence-electron chi connectivity index (χ2n) is 6.04. The SMILES string of the molecule is CCc1ccc(CC)c(Cn2c(C)cc(C)c(C(=O)OC)c2=O)c1. The molecule has 4 heteroatoms. The second kappa shape index (κ2) is 7.47. The van der Waals surface area contributed by atoms with Crippen molar-refractivity contribution in [3.63, 3.8) is 0 Å². The van der Waals surface area contributed by atoms with Gasteiger partial charge in [-0.3, -0.25) is 4.79 Å². The first kappa shape index (κ1) is 18.0. The fourth-order valence-electron chi connectivity index (χ4n) is 3.04. The standard InChI is InChI=1S/C20H25NO3/c1-6-15-8-9-16(7-2)17(11-15)12-21-14(4)10-13(3)18(19(21)22)20(23)24-5/h8-11H,6-7,12H2,1-5H3. The predicted molar refractivity (Wildman–Crippen MR) is 95.8 cm³/mol. The number of hydrogen-bond donors (Lipinski definition) is 0. The fraction of sp³-hybridized carbons (Fsp3) is 0.400. The lowest BCUT2D eigenvalue weighted by atomic mass is 10.00. The number of benzene rings is 1. The molecule has 0 bridgehead atoms. The molecule has 0 aliphatic heterocycles. The quantitative estimate of drug-likeness (QED) is 0.791. The summed E-state index contributed by atoms with van der Waals surface area (Å²) in [5.41, 5.74) is 4.91. The van der Waals surface area contributed by atoms with Gasteiger partial charge in [-0.15, -0.1) is 0 Å². The van der Waals surface area contributed by atoms with Crippen LogP contribution in [0, 0.1) is 13.8 Å². The van der Waals surface area contributed by atoms with Gasteiger partial charge in [-0.25, -0.2) is 4.79 Å². The highest BCUT2D eigenvalue weighted by Crippen LogP contribution is 2.16. The smallest absolute Gasteiger partial charge is 0.343 e. The number of methoxy groups -OCH3 is 1. The van der Waals surface area contributed by atoms with E-state index in [-0.39, 0.29) is 11.1 Å². The minimum Gasteiger partial charge on any atom is -0.465 e. The third kappa shape index (κ3) is 3.42. The number of aromatic nitrogens is 1. The molecule has 4 nitrogen and oxygen atoms in total. The number of pyridine rings is 1. The van der Waals surface area contributed by atoms with E-state index in [0.717, 1.165) is 24.1 Å². The van der Waals surface area contributed by atoms with Gasteiger partial charge >= 0.3 is 5.97 Å². The molecule has 0 aliphatic carbocycles. The Kier molecular flexibility index (Phi) is 5.60. The summed E-state index contributed by atoms with van der Waals surface area (Å²) < 4.78 is 6.43. The highest BCUT2D eigenvalue weighted by Gasteiger charge is 2.18. The van der Waals surface area contributed by atoms with Gasteiger partial charge in [-0.1, -0.05) is 32.0 Å². The molecule has 0 fully saturated rings. The lowest BCUT2D eigenvalue weighted by molar-refractivity contribution is 0.0597. The number of rotatable bonds is 5. The van der Waals surface area contributed by atoms with Crippen LogP contribution < -0.4 is 5.56 Å². The van der Waals surface area contributed by atoms with E-state index in [1.54, 1.807) is 11.5 Å².